The van der Waals surface area contributed by atoms with Crippen molar-refractivity contribution in [3.05, 3.63) is 107 Å². The number of aromatic nitrogens is 1. The minimum absolute atomic E-state index is 0.00468. The highest BCUT2D eigenvalue weighted by Gasteiger charge is 2.51. The number of carbonyl (C=O) groups excluding carboxylic acids is 2. The second-order valence-corrected chi connectivity index (χ2v) is 10.3. The molecule has 1 aromatic heterocycles. The number of halogens is 6. The number of hydrogen-bond donors (Lipinski definition) is 0. The van der Waals surface area contributed by atoms with Crippen LogP contribution in [0.4, 0.5) is 26.3 Å². The van der Waals surface area contributed by atoms with Crippen molar-refractivity contribution >= 4 is 17.4 Å². The first-order valence-corrected chi connectivity index (χ1v) is 12.9. The molecular weight excluding hydrogens is 548 g/mol. The molecule has 0 bridgehead atoms. The lowest BCUT2D eigenvalue weighted by Crippen LogP contribution is -2.48. The molecule has 0 N–H and O–H groups in total. The predicted molar refractivity (Wildman–Crippen MR) is 138 cm³/mol. The van der Waals surface area contributed by atoms with E-state index in [1.165, 1.54) is 4.90 Å². The SMILES string of the molecule is Cc1ccccc1C1=CN(Cc2cccnc2)C(=O)C12CCN(C(=O)c1cc(C(F)(F)F)cc(C(F)(F)F)c1)CC2. The molecule has 2 aliphatic heterocycles. The van der Waals surface area contributed by atoms with E-state index in [1.807, 2.05) is 37.3 Å². The largest absolute Gasteiger partial charge is 0.416 e. The van der Waals surface area contributed by atoms with Gasteiger partial charge in [0, 0.05) is 37.2 Å². The first-order chi connectivity index (χ1) is 19.3. The molecule has 0 unspecified atom stereocenters. The lowest BCUT2D eigenvalue weighted by molar-refractivity contribution is -0.143. The van der Waals surface area contributed by atoms with Crippen LogP contribution >= 0.6 is 0 Å². The quantitative estimate of drug-likeness (QED) is 0.325. The fourth-order valence-electron chi connectivity index (χ4n) is 5.57. The predicted octanol–water partition coefficient (Wildman–Crippen LogP) is 6.73. The van der Waals surface area contributed by atoms with Gasteiger partial charge >= 0.3 is 12.4 Å². The molecule has 0 saturated carbocycles. The first kappa shape index (κ1) is 28.4. The van der Waals surface area contributed by atoms with Crippen LogP contribution in [-0.4, -0.2) is 39.7 Å². The molecule has 2 aliphatic rings. The molecule has 3 heterocycles. The molecule has 214 valence electrons. The van der Waals surface area contributed by atoms with Gasteiger partial charge < -0.3 is 9.80 Å². The van der Waals surface area contributed by atoms with E-state index < -0.39 is 40.4 Å². The summed E-state index contributed by atoms with van der Waals surface area (Å²) in [6.45, 7) is 2.15. The van der Waals surface area contributed by atoms with Crippen LogP contribution in [-0.2, 0) is 23.7 Å². The molecule has 2 aromatic carbocycles. The maximum absolute atomic E-state index is 13.9. The van der Waals surface area contributed by atoms with Crippen molar-refractivity contribution in [1.82, 2.24) is 14.8 Å². The lowest BCUT2D eigenvalue weighted by atomic mass is 9.70. The van der Waals surface area contributed by atoms with Gasteiger partial charge in [-0.05, 0) is 66.3 Å². The van der Waals surface area contributed by atoms with Gasteiger partial charge in [-0.25, -0.2) is 0 Å². The number of nitrogens with zero attached hydrogens (tertiary/aromatic N) is 3. The van der Waals surface area contributed by atoms with Gasteiger partial charge in [0.25, 0.3) is 5.91 Å². The number of likely N-dealkylation sites (tertiary alicyclic amines) is 1. The highest BCUT2D eigenvalue weighted by molar-refractivity contribution is 6.03. The van der Waals surface area contributed by atoms with Crippen LogP contribution in [0.25, 0.3) is 5.57 Å². The summed E-state index contributed by atoms with van der Waals surface area (Å²) in [5.74, 6) is -1.12. The molecule has 5 rings (SSSR count). The molecule has 2 amide bonds. The van der Waals surface area contributed by atoms with Gasteiger partial charge in [0.15, 0.2) is 0 Å². The lowest BCUT2D eigenvalue weighted by Gasteiger charge is -2.40. The van der Waals surface area contributed by atoms with E-state index in [0.29, 0.717) is 12.1 Å². The second-order valence-electron chi connectivity index (χ2n) is 10.3. The summed E-state index contributed by atoms with van der Waals surface area (Å²) in [5.41, 5.74) is -1.41. The molecule has 0 radical (unpaired) electrons. The van der Waals surface area contributed by atoms with Crippen molar-refractivity contribution in [2.24, 2.45) is 5.41 Å². The van der Waals surface area contributed by atoms with Gasteiger partial charge in [0.05, 0.1) is 23.1 Å². The van der Waals surface area contributed by atoms with Gasteiger partial charge in [-0.2, -0.15) is 26.3 Å². The zero-order valence-electron chi connectivity index (χ0n) is 21.9. The summed E-state index contributed by atoms with van der Waals surface area (Å²) >= 11 is 0. The maximum atomic E-state index is 13.9. The summed E-state index contributed by atoms with van der Waals surface area (Å²) in [6.07, 6.45) is -4.73. The van der Waals surface area contributed by atoms with Crippen molar-refractivity contribution in [1.29, 1.82) is 0 Å². The Bertz CT molecular complexity index is 1470. The Labute approximate surface area is 232 Å². The maximum Gasteiger partial charge on any atom is 0.416 e. The van der Waals surface area contributed by atoms with E-state index in [4.69, 9.17) is 0 Å². The number of carbonyl (C=O) groups is 2. The topological polar surface area (TPSA) is 53.5 Å². The molecule has 1 spiro atoms. The number of benzene rings is 2. The third-order valence-corrected chi connectivity index (χ3v) is 7.72. The zero-order chi connectivity index (χ0) is 29.6. The van der Waals surface area contributed by atoms with E-state index >= 15 is 0 Å². The van der Waals surface area contributed by atoms with Gasteiger partial charge in [0.2, 0.25) is 5.91 Å². The van der Waals surface area contributed by atoms with Crippen LogP contribution in [0.2, 0.25) is 0 Å². The van der Waals surface area contributed by atoms with Crippen LogP contribution < -0.4 is 0 Å². The fourth-order valence-corrected chi connectivity index (χ4v) is 5.57. The Morgan fingerprint density at radius 1 is 0.927 bits per heavy atom. The average Bonchev–Trinajstić information content (AvgIpc) is 3.18. The number of pyridine rings is 1. The van der Waals surface area contributed by atoms with Crippen molar-refractivity contribution < 1.29 is 35.9 Å². The normalized spacial score (nSPS) is 17.2. The highest BCUT2D eigenvalue weighted by atomic mass is 19.4. The molecule has 11 heteroatoms. The number of amides is 2. The van der Waals surface area contributed by atoms with Crippen molar-refractivity contribution in [3.63, 3.8) is 0 Å². The van der Waals surface area contributed by atoms with E-state index in [0.717, 1.165) is 22.3 Å². The standard InChI is InChI=1S/C30H25F6N3O2/c1-19-5-2-3-7-24(19)25-18-39(17-20-6-4-10-37-16-20)27(41)28(25)8-11-38(12-9-28)26(40)21-13-22(29(31,32)33)15-23(14-21)30(34,35)36/h2-7,10,13-16,18H,8-9,11-12,17H2,1H3. The third-order valence-electron chi connectivity index (χ3n) is 7.72. The average molecular weight is 574 g/mol. The molecular formula is C30H25F6N3O2. The van der Waals surface area contributed by atoms with Crippen molar-refractivity contribution in [3.8, 4) is 0 Å². The fraction of sp³-hybridized carbons (Fsp3) is 0.300. The molecule has 1 saturated heterocycles. The minimum Gasteiger partial charge on any atom is -0.339 e. The number of hydrogen-bond acceptors (Lipinski definition) is 3. The Hall–Kier alpha value is -4.15. The smallest absolute Gasteiger partial charge is 0.339 e. The first-order valence-electron chi connectivity index (χ1n) is 12.9. The van der Waals surface area contributed by atoms with E-state index in [2.05, 4.69) is 4.98 Å². The number of piperidine rings is 1. The molecule has 3 aromatic rings. The van der Waals surface area contributed by atoms with Gasteiger partial charge in [-0.3, -0.25) is 14.6 Å². The summed E-state index contributed by atoms with van der Waals surface area (Å²) in [7, 11) is 0. The second kappa shape index (κ2) is 10.4. The van der Waals surface area contributed by atoms with E-state index in [-0.39, 0.29) is 44.4 Å². The molecule has 1 fully saturated rings. The van der Waals surface area contributed by atoms with Gasteiger partial charge in [-0.15, -0.1) is 0 Å². The van der Waals surface area contributed by atoms with Crippen molar-refractivity contribution in [2.45, 2.75) is 38.7 Å². The summed E-state index contributed by atoms with van der Waals surface area (Å²) in [6, 6.07) is 12.0. The Morgan fingerprint density at radius 3 is 2.12 bits per heavy atom. The Balaban J connectivity index is 1.44. The van der Waals surface area contributed by atoms with Crippen LogP contribution in [0.1, 0.15) is 51.0 Å². The third kappa shape index (κ3) is 5.45. The summed E-state index contributed by atoms with van der Waals surface area (Å²) < 4.78 is 80.2. The van der Waals surface area contributed by atoms with Gasteiger partial charge in [-0.1, -0.05) is 30.3 Å². The number of alkyl halides is 6. The van der Waals surface area contributed by atoms with Crippen LogP contribution in [0.15, 0.2) is 73.2 Å². The molecule has 41 heavy (non-hydrogen) atoms. The number of rotatable bonds is 4. The Morgan fingerprint density at radius 2 is 1.56 bits per heavy atom. The minimum atomic E-state index is -5.07. The summed E-state index contributed by atoms with van der Waals surface area (Å²) in [4.78, 5) is 34.1. The molecule has 0 atom stereocenters. The van der Waals surface area contributed by atoms with Crippen molar-refractivity contribution in [2.75, 3.05) is 13.1 Å². The van der Waals surface area contributed by atoms with E-state index in [9.17, 15) is 35.9 Å². The zero-order valence-corrected chi connectivity index (χ0v) is 21.9. The molecule has 5 nitrogen and oxygen atoms in total. The Kier molecular flexibility index (Phi) is 7.17. The van der Waals surface area contributed by atoms with Crippen LogP contribution in [0.5, 0.6) is 0 Å². The van der Waals surface area contributed by atoms with Gasteiger partial charge in [0.1, 0.15) is 0 Å². The summed E-state index contributed by atoms with van der Waals surface area (Å²) in [5, 5.41) is 0. The van der Waals surface area contributed by atoms with Crippen LogP contribution in [0, 0.1) is 12.3 Å². The van der Waals surface area contributed by atoms with E-state index in [1.54, 1.807) is 29.6 Å². The molecule has 0 aliphatic carbocycles. The highest BCUT2D eigenvalue weighted by Crippen LogP contribution is 2.50. The van der Waals surface area contributed by atoms with Crippen LogP contribution in [0.3, 0.4) is 0 Å². The monoisotopic (exact) mass is 573 g/mol. The number of aryl methyl sites for hydroxylation is 1.